The summed E-state index contributed by atoms with van der Waals surface area (Å²) in [6, 6.07) is 4.01. The number of anilines is 2. The number of hydrogen-bond acceptors (Lipinski definition) is 5. The van der Waals surface area contributed by atoms with Crippen molar-refractivity contribution in [2.24, 2.45) is 24.8 Å². The fourth-order valence-electron chi connectivity index (χ4n) is 5.71. The van der Waals surface area contributed by atoms with Crippen LogP contribution in [0.4, 0.5) is 15.9 Å². The van der Waals surface area contributed by atoms with Crippen molar-refractivity contribution < 1.29 is 17.6 Å². The van der Waals surface area contributed by atoms with Crippen LogP contribution in [0.2, 0.25) is 5.02 Å². The highest BCUT2D eigenvalue weighted by molar-refractivity contribution is 7.90. The Hall–Kier alpha value is -2.17. The number of hydrogen-bond donors (Lipinski definition) is 3. The Labute approximate surface area is 203 Å². The first kappa shape index (κ1) is 23.6. The number of rotatable bonds is 7. The van der Waals surface area contributed by atoms with Gasteiger partial charge in [-0.25, -0.2) is 17.5 Å². The molecule has 3 saturated carbocycles. The molecule has 0 radical (unpaired) electrons. The number of benzene rings is 1. The lowest BCUT2D eigenvalue weighted by atomic mass is 9.93. The zero-order valence-electron chi connectivity index (χ0n) is 18.9. The predicted octanol–water partition coefficient (Wildman–Crippen LogP) is 3.65. The van der Waals surface area contributed by atoms with E-state index in [0.29, 0.717) is 41.2 Å². The molecule has 2 aromatic rings. The minimum atomic E-state index is -3.15. The van der Waals surface area contributed by atoms with Gasteiger partial charge in [0.2, 0.25) is 10.0 Å². The van der Waals surface area contributed by atoms with Gasteiger partial charge in [-0.2, -0.15) is 5.10 Å². The van der Waals surface area contributed by atoms with Gasteiger partial charge in [0.15, 0.2) is 0 Å². The highest BCUT2D eigenvalue weighted by Gasteiger charge is 2.45. The van der Waals surface area contributed by atoms with Crippen molar-refractivity contribution in [2.45, 2.75) is 49.7 Å². The van der Waals surface area contributed by atoms with E-state index < -0.39 is 21.7 Å². The van der Waals surface area contributed by atoms with E-state index in [9.17, 15) is 17.6 Å². The van der Waals surface area contributed by atoms with Crippen LogP contribution in [-0.4, -0.2) is 35.9 Å². The van der Waals surface area contributed by atoms with Gasteiger partial charge >= 0.3 is 0 Å². The third kappa shape index (κ3) is 4.55. The first-order chi connectivity index (χ1) is 16.1. The highest BCUT2D eigenvalue weighted by Crippen LogP contribution is 2.53. The number of nitrogen functional groups attached to an aromatic ring is 1. The molecule has 0 spiro atoms. The Morgan fingerprint density at radius 2 is 1.91 bits per heavy atom. The maximum Gasteiger partial charge on any atom is 0.261 e. The number of nitrogens with two attached hydrogens (primary N) is 1. The van der Waals surface area contributed by atoms with Gasteiger partial charge in [0.05, 0.1) is 16.0 Å². The summed E-state index contributed by atoms with van der Waals surface area (Å²) in [5, 5.41) is 7.07. The summed E-state index contributed by atoms with van der Waals surface area (Å²) < 4.78 is 42.1. The smallest absolute Gasteiger partial charge is 0.261 e. The van der Waals surface area contributed by atoms with Crippen LogP contribution in [0.5, 0.6) is 0 Å². The third-order valence-corrected chi connectivity index (χ3v) is 9.77. The van der Waals surface area contributed by atoms with E-state index in [1.807, 2.05) is 0 Å². The topological polar surface area (TPSA) is 119 Å². The maximum absolute atomic E-state index is 13.5. The van der Waals surface area contributed by atoms with E-state index in [1.54, 1.807) is 7.05 Å². The maximum atomic E-state index is 13.5. The van der Waals surface area contributed by atoms with Crippen molar-refractivity contribution in [3.8, 4) is 0 Å². The van der Waals surface area contributed by atoms with Gasteiger partial charge in [0.1, 0.15) is 17.2 Å². The fraction of sp³-hybridized carbons (Fsp3) is 0.565. The Morgan fingerprint density at radius 3 is 2.53 bits per heavy atom. The van der Waals surface area contributed by atoms with Gasteiger partial charge in [0, 0.05) is 25.2 Å². The van der Waals surface area contributed by atoms with E-state index in [-0.39, 0.29) is 22.0 Å². The van der Waals surface area contributed by atoms with Crippen LogP contribution in [0.1, 0.15) is 60.5 Å². The molecular weight excluding hydrogens is 481 g/mol. The van der Waals surface area contributed by atoms with Crippen LogP contribution < -0.4 is 15.8 Å². The molecule has 1 heterocycles. The summed E-state index contributed by atoms with van der Waals surface area (Å²) in [6.07, 6.45) is 5.29. The van der Waals surface area contributed by atoms with E-state index in [4.69, 9.17) is 17.3 Å². The second-order valence-electron chi connectivity index (χ2n) is 9.97. The summed E-state index contributed by atoms with van der Waals surface area (Å²) in [7, 11) is -1.44. The quantitative estimate of drug-likeness (QED) is 0.526. The Kier molecular flexibility index (Phi) is 6.10. The van der Waals surface area contributed by atoms with Crippen molar-refractivity contribution in [3.05, 3.63) is 40.3 Å². The molecule has 3 aliphatic rings. The largest absolute Gasteiger partial charge is 0.383 e. The van der Waals surface area contributed by atoms with Crippen molar-refractivity contribution in [1.29, 1.82) is 0 Å². The third-order valence-electron chi connectivity index (χ3n) is 7.56. The summed E-state index contributed by atoms with van der Waals surface area (Å²) in [4.78, 5) is 13.1. The number of sulfonamides is 1. The number of amides is 1. The highest BCUT2D eigenvalue weighted by atomic mass is 35.5. The molecule has 1 aromatic carbocycles. The second kappa shape index (κ2) is 8.80. The van der Waals surface area contributed by atoms with Gasteiger partial charge in [-0.3, -0.25) is 9.48 Å². The predicted molar refractivity (Wildman–Crippen MR) is 129 cm³/mol. The van der Waals surface area contributed by atoms with Crippen molar-refractivity contribution in [2.75, 3.05) is 17.6 Å². The molecule has 2 atom stereocenters. The average Bonchev–Trinajstić information content (AvgIpc) is 3.38. The summed E-state index contributed by atoms with van der Waals surface area (Å²) in [5.74, 6) is 0.755. The minimum Gasteiger partial charge on any atom is -0.383 e. The molecular formula is C23H29ClFN5O3S. The number of aryl methyl sites for hydroxylation is 1. The molecule has 5 rings (SSSR count). The van der Waals surface area contributed by atoms with E-state index >= 15 is 0 Å². The number of aromatic nitrogens is 2. The lowest BCUT2D eigenvalue weighted by Gasteiger charge is -2.15. The molecule has 2 unspecified atom stereocenters. The summed E-state index contributed by atoms with van der Waals surface area (Å²) in [5.41, 5.74) is 7.63. The zero-order valence-corrected chi connectivity index (χ0v) is 20.5. The molecule has 34 heavy (non-hydrogen) atoms. The van der Waals surface area contributed by atoms with Gasteiger partial charge in [-0.05, 0) is 74.5 Å². The van der Waals surface area contributed by atoms with Gasteiger partial charge < -0.3 is 11.1 Å². The molecule has 4 N–H and O–H groups in total. The van der Waals surface area contributed by atoms with E-state index in [2.05, 4.69) is 15.1 Å². The molecule has 0 aliphatic heterocycles. The number of nitrogens with one attached hydrogen (secondary N) is 2. The van der Waals surface area contributed by atoms with Crippen LogP contribution >= 0.6 is 11.6 Å². The lowest BCUT2D eigenvalue weighted by Crippen LogP contribution is -2.31. The molecule has 3 aliphatic carbocycles. The van der Waals surface area contributed by atoms with Crippen molar-refractivity contribution in [1.82, 2.24) is 14.5 Å². The van der Waals surface area contributed by atoms with Crippen molar-refractivity contribution >= 4 is 39.0 Å². The van der Waals surface area contributed by atoms with Gasteiger partial charge in [-0.1, -0.05) is 11.6 Å². The average molecular weight is 510 g/mol. The Bertz CT molecular complexity index is 1220. The van der Waals surface area contributed by atoms with Crippen LogP contribution in [0.15, 0.2) is 18.2 Å². The molecule has 11 heteroatoms. The standard InChI is InChI=1S/C23H29ClFN5O3S/c1-30-22(26)20(23(31)28-16-2-5-19(25)18(24)10-16)21(29-30)15-8-13-6-12(7-14(13)9-15)11-27-34(32,33)17-3-4-17/h2,5,10,12-15,17,27H,3-4,6-9,11,26H2,1H3,(H,28,31). The number of nitrogens with zero attached hydrogens (tertiary/aromatic N) is 2. The van der Waals surface area contributed by atoms with E-state index in [0.717, 1.165) is 38.5 Å². The summed E-state index contributed by atoms with van der Waals surface area (Å²) >= 11 is 5.84. The van der Waals surface area contributed by atoms with Crippen molar-refractivity contribution in [3.63, 3.8) is 0 Å². The molecule has 1 aromatic heterocycles. The molecule has 0 saturated heterocycles. The zero-order chi connectivity index (χ0) is 24.2. The molecule has 8 nitrogen and oxygen atoms in total. The Morgan fingerprint density at radius 1 is 1.24 bits per heavy atom. The SMILES string of the molecule is Cn1nc(C2CC3CC(CNS(=O)(=O)C4CC4)CC3C2)c(C(=O)Nc2ccc(F)c(Cl)c2)c1N. The van der Waals surface area contributed by atoms with E-state index in [1.165, 1.54) is 22.9 Å². The van der Waals surface area contributed by atoms with Crippen LogP contribution in [-0.2, 0) is 17.1 Å². The monoisotopic (exact) mass is 509 g/mol. The number of carbonyl (C=O) groups is 1. The molecule has 184 valence electrons. The molecule has 0 bridgehead atoms. The fourth-order valence-corrected chi connectivity index (χ4v) is 7.35. The summed E-state index contributed by atoms with van der Waals surface area (Å²) in [6.45, 7) is 0.515. The number of halogens is 2. The first-order valence-corrected chi connectivity index (χ1v) is 13.6. The minimum absolute atomic E-state index is 0.0743. The number of carbonyl (C=O) groups excluding carboxylic acids is 1. The van der Waals surface area contributed by atoms with Crippen LogP contribution in [0.3, 0.4) is 0 Å². The van der Waals surface area contributed by atoms with Crippen LogP contribution in [0.25, 0.3) is 0 Å². The van der Waals surface area contributed by atoms with Gasteiger partial charge in [-0.15, -0.1) is 0 Å². The normalized spacial score (nSPS) is 26.6. The second-order valence-corrected chi connectivity index (χ2v) is 12.4. The van der Waals surface area contributed by atoms with Gasteiger partial charge in [0.25, 0.3) is 5.91 Å². The number of fused-ring (bicyclic) bond motifs is 1. The Balaban J connectivity index is 1.25. The molecule has 3 fully saturated rings. The molecule has 1 amide bonds. The van der Waals surface area contributed by atoms with Crippen LogP contribution in [0, 0.1) is 23.6 Å². The lowest BCUT2D eigenvalue weighted by molar-refractivity contribution is 0.102. The first-order valence-electron chi connectivity index (χ1n) is 11.7.